The van der Waals surface area contributed by atoms with E-state index in [1.807, 2.05) is 6.07 Å². The molecule has 54 valence electrons. The Balaban J connectivity index is 2.74. The highest BCUT2D eigenvalue weighted by molar-refractivity contribution is 6.35. The molecule has 0 fully saturated rings. The van der Waals surface area contributed by atoms with Crippen LogP contribution in [0.4, 0.5) is 0 Å². The van der Waals surface area contributed by atoms with Gasteiger partial charge in [0.15, 0.2) is 0 Å². The third-order valence-electron chi connectivity index (χ3n) is 1.58. The van der Waals surface area contributed by atoms with Gasteiger partial charge in [-0.1, -0.05) is 23.7 Å². The van der Waals surface area contributed by atoms with Gasteiger partial charge in [-0.2, -0.15) is 0 Å². The van der Waals surface area contributed by atoms with Gasteiger partial charge in [-0.05, 0) is 6.07 Å². The number of rotatable bonds is 0. The summed E-state index contributed by atoms with van der Waals surface area (Å²) >= 11 is 5.76. The van der Waals surface area contributed by atoms with Crippen LogP contribution in [0.15, 0.2) is 23.2 Å². The van der Waals surface area contributed by atoms with Crippen LogP contribution in [0.1, 0.15) is 15.9 Å². The fourth-order valence-corrected chi connectivity index (χ4v) is 1.33. The van der Waals surface area contributed by atoms with Crippen LogP contribution in [0.3, 0.4) is 0 Å². The SMILES string of the molecule is O=C1N=Cc2cccc(Cl)c21. The topological polar surface area (TPSA) is 29.4 Å². The molecule has 1 aliphatic heterocycles. The van der Waals surface area contributed by atoms with E-state index in [2.05, 4.69) is 4.99 Å². The van der Waals surface area contributed by atoms with Crippen molar-refractivity contribution in [1.29, 1.82) is 0 Å². The number of nitrogens with zero attached hydrogens (tertiary/aromatic N) is 1. The Morgan fingerprint density at radius 3 is 2.91 bits per heavy atom. The van der Waals surface area contributed by atoms with E-state index in [1.165, 1.54) is 6.21 Å². The highest BCUT2D eigenvalue weighted by Crippen LogP contribution is 2.22. The van der Waals surface area contributed by atoms with Crippen molar-refractivity contribution in [2.75, 3.05) is 0 Å². The minimum Gasteiger partial charge on any atom is -0.267 e. The first-order valence-corrected chi connectivity index (χ1v) is 3.54. The Labute approximate surface area is 68.5 Å². The Morgan fingerprint density at radius 2 is 2.18 bits per heavy atom. The van der Waals surface area contributed by atoms with Crippen LogP contribution >= 0.6 is 11.6 Å². The molecule has 0 saturated carbocycles. The van der Waals surface area contributed by atoms with Crippen LogP contribution in [0.2, 0.25) is 5.02 Å². The number of carbonyl (C=O) groups excluding carboxylic acids is 1. The predicted molar refractivity (Wildman–Crippen MR) is 43.4 cm³/mol. The van der Waals surface area contributed by atoms with Crippen LogP contribution in [0.25, 0.3) is 0 Å². The van der Waals surface area contributed by atoms with E-state index in [0.29, 0.717) is 10.6 Å². The molecule has 1 aromatic rings. The lowest BCUT2D eigenvalue weighted by atomic mass is 10.1. The second-order valence-corrected chi connectivity index (χ2v) is 2.67. The van der Waals surface area contributed by atoms with Gasteiger partial charge in [0.2, 0.25) is 0 Å². The van der Waals surface area contributed by atoms with Crippen molar-refractivity contribution in [2.24, 2.45) is 4.99 Å². The zero-order valence-electron chi connectivity index (χ0n) is 5.54. The van der Waals surface area contributed by atoms with Crippen molar-refractivity contribution in [3.05, 3.63) is 34.3 Å². The number of carbonyl (C=O) groups is 1. The van der Waals surface area contributed by atoms with Gasteiger partial charge in [-0.25, -0.2) is 4.99 Å². The lowest BCUT2D eigenvalue weighted by Gasteiger charge is -1.95. The molecule has 1 amide bonds. The second kappa shape index (κ2) is 2.17. The summed E-state index contributed by atoms with van der Waals surface area (Å²) < 4.78 is 0. The smallest absolute Gasteiger partial charge is 0.267 e. The van der Waals surface area contributed by atoms with E-state index in [0.717, 1.165) is 5.56 Å². The summed E-state index contributed by atoms with van der Waals surface area (Å²) in [5.41, 5.74) is 1.33. The molecule has 11 heavy (non-hydrogen) atoms. The summed E-state index contributed by atoms with van der Waals surface area (Å²) in [5.74, 6) is -0.245. The van der Waals surface area contributed by atoms with Crippen LogP contribution in [-0.4, -0.2) is 12.1 Å². The lowest BCUT2D eigenvalue weighted by molar-refractivity contribution is 0.101. The molecule has 0 radical (unpaired) electrons. The Morgan fingerprint density at radius 1 is 1.36 bits per heavy atom. The van der Waals surface area contributed by atoms with Crippen molar-refractivity contribution < 1.29 is 4.79 Å². The average Bonchev–Trinajstić information content (AvgIpc) is 2.34. The molecule has 0 aliphatic carbocycles. The third-order valence-corrected chi connectivity index (χ3v) is 1.90. The summed E-state index contributed by atoms with van der Waals surface area (Å²) in [5, 5.41) is 0.477. The zero-order valence-corrected chi connectivity index (χ0v) is 6.30. The first-order valence-electron chi connectivity index (χ1n) is 3.16. The quantitative estimate of drug-likeness (QED) is 0.578. The Bertz CT molecular complexity index is 357. The minimum atomic E-state index is -0.245. The molecule has 0 atom stereocenters. The Hall–Kier alpha value is -1.15. The van der Waals surface area contributed by atoms with Gasteiger partial charge >= 0.3 is 0 Å². The van der Waals surface area contributed by atoms with Gasteiger partial charge in [0, 0.05) is 11.8 Å². The fourth-order valence-electron chi connectivity index (χ4n) is 1.07. The number of fused-ring (bicyclic) bond motifs is 1. The summed E-state index contributed by atoms with van der Waals surface area (Å²) in [4.78, 5) is 14.6. The van der Waals surface area contributed by atoms with Gasteiger partial charge in [0.1, 0.15) is 0 Å². The molecule has 2 rings (SSSR count). The van der Waals surface area contributed by atoms with Gasteiger partial charge in [0.05, 0.1) is 10.6 Å². The fraction of sp³-hybridized carbons (Fsp3) is 0. The highest BCUT2D eigenvalue weighted by Gasteiger charge is 2.17. The van der Waals surface area contributed by atoms with Crippen molar-refractivity contribution in [1.82, 2.24) is 0 Å². The number of hydrogen-bond donors (Lipinski definition) is 0. The molecule has 0 aromatic heterocycles. The van der Waals surface area contributed by atoms with Crippen molar-refractivity contribution in [3.8, 4) is 0 Å². The van der Waals surface area contributed by atoms with Gasteiger partial charge < -0.3 is 0 Å². The monoisotopic (exact) mass is 165 g/mol. The number of aliphatic imine (C=N–C) groups is 1. The molecule has 3 heteroatoms. The minimum absolute atomic E-state index is 0.245. The average molecular weight is 166 g/mol. The molecule has 0 bridgehead atoms. The van der Waals surface area contributed by atoms with E-state index in [9.17, 15) is 4.79 Å². The summed E-state index contributed by atoms with van der Waals surface area (Å²) in [6, 6.07) is 5.30. The van der Waals surface area contributed by atoms with Gasteiger partial charge in [-0.3, -0.25) is 4.79 Å². The number of benzene rings is 1. The molecular formula is C8H4ClNO. The van der Waals surface area contributed by atoms with Crippen molar-refractivity contribution in [3.63, 3.8) is 0 Å². The maximum atomic E-state index is 11.0. The van der Waals surface area contributed by atoms with E-state index in [1.54, 1.807) is 12.1 Å². The summed E-state index contributed by atoms with van der Waals surface area (Å²) in [6.07, 6.45) is 1.53. The first-order chi connectivity index (χ1) is 5.29. The normalized spacial score (nSPS) is 13.7. The largest absolute Gasteiger partial charge is 0.279 e. The number of halogens is 1. The predicted octanol–water partition coefficient (Wildman–Crippen LogP) is 1.91. The maximum Gasteiger partial charge on any atom is 0.279 e. The van der Waals surface area contributed by atoms with Crippen LogP contribution in [0.5, 0.6) is 0 Å². The highest BCUT2D eigenvalue weighted by atomic mass is 35.5. The molecule has 1 aliphatic rings. The maximum absolute atomic E-state index is 11.0. The van der Waals surface area contributed by atoms with Gasteiger partial charge in [0.25, 0.3) is 5.91 Å². The van der Waals surface area contributed by atoms with E-state index >= 15 is 0 Å². The first kappa shape index (κ1) is 6.55. The molecule has 0 N–H and O–H groups in total. The molecule has 0 saturated heterocycles. The summed E-state index contributed by atoms with van der Waals surface area (Å²) in [6.45, 7) is 0. The molecule has 0 spiro atoms. The van der Waals surface area contributed by atoms with E-state index in [-0.39, 0.29) is 5.91 Å². The van der Waals surface area contributed by atoms with E-state index in [4.69, 9.17) is 11.6 Å². The third kappa shape index (κ3) is 0.870. The molecule has 1 aromatic carbocycles. The van der Waals surface area contributed by atoms with Crippen LogP contribution < -0.4 is 0 Å². The number of hydrogen-bond acceptors (Lipinski definition) is 1. The lowest BCUT2D eigenvalue weighted by Crippen LogP contribution is -1.92. The second-order valence-electron chi connectivity index (χ2n) is 2.27. The molecule has 0 unspecified atom stereocenters. The van der Waals surface area contributed by atoms with Crippen molar-refractivity contribution in [2.45, 2.75) is 0 Å². The van der Waals surface area contributed by atoms with Crippen LogP contribution in [-0.2, 0) is 0 Å². The molecule has 1 heterocycles. The van der Waals surface area contributed by atoms with E-state index < -0.39 is 0 Å². The summed E-state index contributed by atoms with van der Waals surface area (Å²) in [7, 11) is 0. The number of amides is 1. The standard InChI is InChI=1S/C8H4ClNO/c9-6-3-1-2-5-4-10-8(11)7(5)6/h1-4H. The Kier molecular flexibility index (Phi) is 1.29. The zero-order chi connectivity index (χ0) is 7.84. The van der Waals surface area contributed by atoms with Gasteiger partial charge in [-0.15, -0.1) is 0 Å². The molecule has 2 nitrogen and oxygen atoms in total. The molecular weight excluding hydrogens is 162 g/mol. The van der Waals surface area contributed by atoms with Crippen LogP contribution in [0, 0.1) is 0 Å². The van der Waals surface area contributed by atoms with Crippen molar-refractivity contribution >= 4 is 23.7 Å².